The smallest absolute Gasteiger partial charge is 0.303 e. The second-order valence-corrected chi connectivity index (χ2v) is 18.8. The maximum atomic E-state index is 14.4. The molecule has 6 atom stereocenters. The molecule has 374 valence electrons. The van der Waals surface area contributed by atoms with Crippen molar-refractivity contribution in [3.63, 3.8) is 0 Å². The van der Waals surface area contributed by atoms with Gasteiger partial charge in [0.15, 0.2) is 17.7 Å². The highest BCUT2D eigenvalue weighted by atomic mass is 32.1. The molecule has 2 aliphatic heterocycles. The molecule has 1 aromatic carbocycles. The standard InChI is InChI=1S/C50H72N6O11S/c1-9-34(4)39(29-43(59)41-17-13-14-21-54(41)7)50(63)55(8)42(33(2)3)30-44(67-36(6)57)49-53-40(32-68-49)48(62)52-35(5)47(37-15-11-10-12-16-37)51-31-38(58)20-23-64-25-27-66-28-26-65-24-22-56-45(60)18-19-46(56)61/h10-12,15-16,18-19,32-35,39,41-42,44H,9,13-14,17,20-31H2,1-8H3,(H,52,62)/t34-,35+,39?,41+,42+,44+/m0/s1. The summed E-state index contributed by atoms with van der Waals surface area (Å²) in [5.41, 5.74) is 1.35. The molecule has 3 heterocycles. The van der Waals surface area contributed by atoms with Crippen molar-refractivity contribution in [2.24, 2.45) is 22.7 Å². The number of carbonyl (C=O) groups excluding carboxylic acids is 7. The van der Waals surface area contributed by atoms with Gasteiger partial charge in [0.25, 0.3) is 17.7 Å². The molecule has 1 saturated heterocycles. The van der Waals surface area contributed by atoms with Gasteiger partial charge in [-0.15, -0.1) is 11.3 Å². The van der Waals surface area contributed by atoms with E-state index in [0.717, 1.165) is 42.7 Å². The number of likely N-dealkylation sites (tertiary alicyclic amines) is 1. The molecule has 4 amide bonds. The molecule has 18 heteroatoms. The van der Waals surface area contributed by atoms with E-state index in [1.54, 1.807) is 24.3 Å². The fourth-order valence-corrected chi connectivity index (χ4v) is 9.17. The van der Waals surface area contributed by atoms with E-state index in [9.17, 15) is 33.6 Å². The summed E-state index contributed by atoms with van der Waals surface area (Å²) in [6.45, 7) is 13.6. The van der Waals surface area contributed by atoms with Gasteiger partial charge >= 0.3 is 5.97 Å². The number of aromatic nitrogens is 1. The Labute approximate surface area is 405 Å². The van der Waals surface area contributed by atoms with Crippen LogP contribution < -0.4 is 5.32 Å². The number of carbonyl (C=O) groups is 7. The fourth-order valence-electron chi connectivity index (χ4n) is 8.33. The maximum absolute atomic E-state index is 14.4. The lowest BCUT2D eigenvalue weighted by atomic mass is 9.83. The summed E-state index contributed by atoms with van der Waals surface area (Å²) in [4.78, 5) is 104. The molecule has 4 rings (SSSR count). The van der Waals surface area contributed by atoms with Crippen molar-refractivity contribution in [1.82, 2.24) is 25.0 Å². The van der Waals surface area contributed by atoms with E-state index in [-0.39, 0.29) is 118 Å². The molecule has 17 nitrogen and oxygen atoms in total. The van der Waals surface area contributed by atoms with E-state index in [1.165, 1.54) is 30.4 Å². The monoisotopic (exact) mass is 964 g/mol. The number of nitrogens with zero attached hydrogens (tertiary/aromatic N) is 5. The SMILES string of the molecule is CC[C@H](C)C(CC(=O)[C@H]1CCCCN1C)C(=O)N(C)[C@H](C[C@@H](OC(C)=O)c1nc(C(=O)N[C@H](C)C(=NCC(=O)CCOCCOCCOCCN2C(=O)C=CC2=O)c2ccccc2)cs1)C(C)C. The van der Waals surface area contributed by atoms with Crippen LogP contribution in [-0.4, -0.2) is 158 Å². The number of imide groups is 1. The molecule has 68 heavy (non-hydrogen) atoms. The lowest BCUT2D eigenvalue weighted by Crippen LogP contribution is -2.48. The second-order valence-electron chi connectivity index (χ2n) is 17.9. The zero-order valence-corrected chi connectivity index (χ0v) is 41.9. The average molecular weight is 965 g/mol. The summed E-state index contributed by atoms with van der Waals surface area (Å²) in [6.07, 6.45) is 5.74. The number of esters is 1. The lowest BCUT2D eigenvalue weighted by molar-refractivity contribution is -0.149. The number of Topliss-reactive ketones (excluding diaryl/α,β-unsaturated/α-hetero) is 2. The van der Waals surface area contributed by atoms with Crippen LogP contribution in [0.4, 0.5) is 0 Å². The molecule has 1 fully saturated rings. The van der Waals surface area contributed by atoms with Crippen molar-refractivity contribution >= 4 is 58.2 Å². The number of aliphatic imine (C=N–C) groups is 1. The number of nitrogens with one attached hydrogen (secondary N) is 1. The van der Waals surface area contributed by atoms with Crippen molar-refractivity contribution in [2.45, 2.75) is 111 Å². The van der Waals surface area contributed by atoms with Crippen LogP contribution in [0.15, 0.2) is 52.9 Å². The Kier molecular flexibility index (Phi) is 23.3. The minimum atomic E-state index is -0.848. The Morgan fingerprint density at radius 1 is 0.926 bits per heavy atom. The number of likely N-dealkylation sites (N-methyl/N-ethyl adjacent to an activating group) is 1. The molecule has 0 aliphatic carbocycles. The molecular formula is C50H72N6O11S. The number of amides is 4. The fraction of sp³-hybridized carbons (Fsp3) is 0.620. The topological polar surface area (TPSA) is 203 Å². The number of ether oxygens (including phenoxy) is 4. The molecule has 0 spiro atoms. The van der Waals surface area contributed by atoms with Crippen LogP contribution in [-0.2, 0) is 47.7 Å². The predicted molar refractivity (Wildman–Crippen MR) is 258 cm³/mol. The molecule has 1 aromatic heterocycles. The van der Waals surface area contributed by atoms with E-state index >= 15 is 0 Å². The Morgan fingerprint density at radius 3 is 2.19 bits per heavy atom. The number of rotatable bonds is 30. The molecule has 1 unspecified atom stereocenters. The van der Waals surface area contributed by atoms with Crippen molar-refractivity contribution in [3.05, 3.63) is 64.1 Å². The van der Waals surface area contributed by atoms with Crippen molar-refractivity contribution in [3.8, 4) is 0 Å². The molecule has 0 saturated carbocycles. The Bertz CT molecular complexity index is 2040. The van der Waals surface area contributed by atoms with Crippen LogP contribution in [0.2, 0.25) is 0 Å². The summed E-state index contributed by atoms with van der Waals surface area (Å²) in [7, 11) is 3.73. The first-order valence-corrected chi connectivity index (χ1v) is 24.7. The summed E-state index contributed by atoms with van der Waals surface area (Å²) in [6, 6.07) is 8.06. The third-order valence-electron chi connectivity index (χ3n) is 12.5. The summed E-state index contributed by atoms with van der Waals surface area (Å²) in [5, 5.41) is 4.98. The minimum absolute atomic E-state index is 0.0214. The zero-order valence-electron chi connectivity index (χ0n) is 41.1. The van der Waals surface area contributed by atoms with Crippen LogP contribution in [0, 0.1) is 17.8 Å². The van der Waals surface area contributed by atoms with Gasteiger partial charge < -0.3 is 29.2 Å². The van der Waals surface area contributed by atoms with Gasteiger partial charge in [0.2, 0.25) is 5.91 Å². The second kappa shape index (κ2) is 28.5. The van der Waals surface area contributed by atoms with Crippen LogP contribution in [0.25, 0.3) is 0 Å². The largest absolute Gasteiger partial charge is 0.455 e. The van der Waals surface area contributed by atoms with E-state index in [1.807, 2.05) is 65.1 Å². The van der Waals surface area contributed by atoms with Gasteiger partial charge in [-0.3, -0.25) is 48.4 Å². The van der Waals surface area contributed by atoms with Gasteiger partial charge in [0.05, 0.1) is 70.5 Å². The Hall–Kier alpha value is -5.01. The van der Waals surface area contributed by atoms with Crippen LogP contribution in [0.1, 0.15) is 114 Å². The molecule has 0 bridgehead atoms. The zero-order chi connectivity index (χ0) is 49.8. The van der Waals surface area contributed by atoms with E-state index in [0.29, 0.717) is 23.9 Å². The van der Waals surface area contributed by atoms with Gasteiger partial charge in [-0.05, 0) is 50.8 Å². The highest BCUT2D eigenvalue weighted by Crippen LogP contribution is 2.33. The van der Waals surface area contributed by atoms with E-state index in [4.69, 9.17) is 18.9 Å². The van der Waals surface area contributed by atoms with Crippen molar-refractivity contribution < 1.29 is 52.5 Å². The van der Waals surface area contributed by atoms with E-state index in [2.05, 4.69) is 20.2 Å². The van der Waals surface area contributed by atoms with Gasteiger partial charge in [-0.1, -0.05) is 70.9 Å². The number of hydrogen-bond donors (Lipinski definition) is 1. The molecule has 2 aromatic rings. The quantitative estimate of drug-likeness (QED) is 0.0460. The third kappa shape index (κ3) is 17.2. The summed E-state index contributed by atoms with van der Waals surface area (Å²) >= 11 is 1.18. The molecule has 0 radical (unpaired) electrons. The summed E-state index contributed by atoms with van der Waals surface area (Å²) in [5.74, 6) is -2.44. The van der Waals surface area contributed by atoms with Gasteiger partial charge in [-0.25, -0.2) is 4.98 Å². The highest BCUT2D eigenvalue weighted by Gasteiger charge is 2.38. The third-order valence-corrected chi connectivity index (χ3v) is 13.4. The average Bonchev–Trinajstić information content (AvgIpc) is 3.94. The number of thiazole rings is 1. The Morgan fingerprint density at radius 2 is 1.57 bits per heavy atom. The van der Waals surface area contributed by atoms with E-state index < -0.39 is 29.9 Å². The number of benzene rings is 1. The number of hydrogen-bond acceptors (Lipinski definition) is 15. The van der Waals surface area contributed by atoms with Crippen molar-refractivity contribution in [2.75, 3.05) is 73.4 Å². The predicted octanol–water partition coefficient (Wildman–Crippen LogP) is 5.27. The molecular weight excluding hydrogens is 893 g/mol. The Balaban J connectivity index is 1.32. The maximum Gasteiger partial charge on any atom is 0.303 e. The summed E-state index contributed by atoms with van der Waals surface area (Å²) < 4.78 is 22.3. The molecule has 2 aliphatic rings. The van der Waals surface area contributed by atoms with Crippen molar-refractivity contribution in [1.29, 1.82) is 0 Å². The van der Waals surface area contributed by atoms with Gasteiger partial charge in [0.1, 0.15) is 10.7 Å². The first kappa shape index (κ1) is 55.6. The first-order chi connectivity index (χ1) is 32.5. The lowest BCUT2D eigenvalue weighted by Gasteiger charge is -2.37. The first-order valence-electron chi connectivity index (χ1n) is 23.8. The van der Waals surface area contributed by atoms with Gasteiger partial charge in [-0.2, -0.15) is 0 Å². The molecule has 1 N–H and O–H groups in total. The highest BCUT2D eigenvalue weighted by molar-refractivity contribution is 7.09. The van der Waals surface area contributed by atoms with Gasteiger partial charge in [0, 0.05) is 62.7 Å². The van der Waals surface area contributed by atoms with Crippen LogP contribution in [0.3, 0.4) is 0 Å². The van der Waals surface area contributed by atoms with Crippen LogP contribution in [0.5, 0.6) is 0 Å². The minimum Gasteiger partial charge on any atom is -0.455 e. The number of piperidine rings is 1. The van der Waals surface area contributed by atoms with Crippen LogP contribution >= 0.6 is 11.3 Å². The number of ketones is 2. The normalized spacial score (nSPS) is 17.8.